The smallest absolute Gasteiger partial charge is 0 e. The SMILES string of the molecule is CC.CCC1CCC2C3CCC4CCCCC4(C)C3CCC12C.[CH-]=C.[Y]. The summed E-state index contributed by atoms with van der Waals surface area (Å²) in [6.45, 7) is 18.8. The zero-order chi connectivity index (χ0) is 18.7. The summed E-state index contributed by atoms with van der Waals surface area (Å²) in [6.07, 6.45) is 17.0. The van der Waals surface area contributed by atoms with Gasteiger partial charge in [-0.2, -0.15) is 0 Å². The standard InChI is InChI=1S/C21H36.C2H6.C2H3.Y/c1-4-15-9-11-18-17-10-8-16-7-5-6-13-20(16,2)19(17)12-14-21(15,18)3;2*1-2;/h15-19H,4-14H2,1-3H3;1-2H3;1H,2H2;/q;;-1;. The summed E-state index contributed by atoms with van der Waals surface area (Å²) in [4.78, 5) is 0. The van der Waals surface area contributed by atoms with E-state index in [0.717, 1.165) is 35.0 Å². The van der Waals surface area contributed by atoms with Crippen molar-refractivity contribution in [2.24, 2.45) is 40.4 Å². The first-order chi connectivity index (χ1) is 12.1. The molecule has 7 atom stereocenters. The van der Waals surface area contributed by atoms with Gasteiger partial charge in [0.25, 0.3) is 0 Å². The topological polar surface area (TPSA) is 0 Å². The molecule has 0 bridgehead atoms. The Kier molecular flexibility index (Phi) is 10.1. The molecule has 0 aromatic carbocycles. The van der Waals surface area contributed by atoms with Crippen LogP contribution in [0.15, 0.2) is 6.58 Å². The Balaban J connectivity index is 0.000000635. The zero-order valence-electron chi connectivity index (χ0n) is 18.5. The van der Waals surface area contributed by atoms with Crippen LogP contribution in [0.25, 0.3) is 0 Å². The van der Waals surface area contributed by atoms with Crippen LogP contribution in [0.3, 0.4) is 0 Å². The van der Waals surface area contributed by atoms with Crippen molar-refractivity contribution in [3.05, 3.63) is 13.2 Å². The third-order valence-corrected chi connectivity index (χ3v) is 9.27. The molecule has 7 unspecified atom stereocenters. The van der Waals surface area contributed by atoms with Crippen molar-refractivity contribution in [3.8, 4) is 0 Å². The van der Waals surface area contributed by atoms with Gasteiger partial charge in [0.1, 0.15) is 0 Å². The molecule has 0 saturated heterocycles. The van der Waals surface area contributed by atoms with Crippen LogP contribution in [0.5, 0.6) is 0 Å². The molecule has 4 fully saturated rings. The van der Waals surface area contributed by atoms with Gasteiger partial charge < -0.3 is 6.58 Å². The Bertz CT molecular complexity index is 418. The van der Waals surface area contributed by atoms with Gasteiger partial charge in [0, 0.05) is 32.7 Å². The molecule has 149 valence electrons. The number of hydrogen-bond acceptors (Lipinski definition) is 0. The van der Waals surface area contributed by atoms with Gasteiger partial charge in [-0.1, -0.05) is 53.9 Å². The Hall–Kier alpha value is 0.844. The number of rotatable bonds is 1. The normalized spacial score (nSPS) is 46.0. The van der Waals surface area contributed by atoms with Crippen LogP contribution in [0.4, 0.5) is 0 Å². The van der Waals surface area contributed by atoms with E-state index in [2.05, 4.69) is 33.9 Å². The monoisotopic (exact) mass is 434 g/mol. The van der Waals surface area contributed by atoms with Crippen LogP contribution in [0.2, 0.25) is 0 Å². The van der Waals surface area contributed by atoms with E-state index in [1.807, 2.05) is 13.8 Å². The predicted molar refractivity (Wildman–Crippen MR) is 111 cm³/mol. The fourth-order valence-electron chi connectivity index (χ4n) is 8.07. The van der Waals surface area contributed by atoms with Crippen molar-refractivity contribution in [2.45, 2.75) is 105 Å². The van der Waals surface area contributed by atoms with E-state index < -0.39 is 0 Å². The van der Waals surface area contributed by atoms with Crippen LogP contribution in [0, 0.1) is 47.0 Å². The molecule has 4 aliphatic carbocycles. The second kappa shape index (κ2) is 10.6. The van der Waals surface area contributed by atoms with Crippen molar-refractivity contribution in [1.82, 2.24) is 0 Å². The summed E-state index contributed by atoms with van der Waals surface area (Å²) in [6, 6.07) is 0. The van der Waals surface area contributed by atoms with Gasteiger partial charge in [-0.3, -0.25) is 6.58 Å². The van der Waals surface area contributed by atoms with Crippen LogP contribution in [-0.2, 0) is 32.7 Å². The van der Waals surface area contributed by atoms with E-state index in [1.54, 1.807) is 51.4 Å². The maximum Gasteiger partial charge on any atom is 0 e. The van der Waals surface area contributed by atoms with Gasteiger partial charge in [0.2, 0.25) is 0 Å². The molecule has 0 amide bonds. The molecule has 1 radical (unpaired) electrons. The Labute approximate surface area is 190 Å². The van der Waals surface area contributed by atoms with Gasteiger partial charge in [-0.05, 0) is 91.8 Å². The molecule has 0 aromatic heterocycles. The molecule has 0 aliphatic heterocycles. The van der Waals surface area contributed by atoms with Crippen molar-refractivity contribution in [1.29, 1.82) is 0 Å². The molecule has 1 heteroatoms. The summed E-state index contributed by atoms with van der Waals surface area (Å²) in [5, 5.41) is 0. The fourth-order valence-corrected chi connectivity index (χ4v) is 8.07. The van der Waals surface area contributed by atoms with E-state index in [1.165, 1.54) is 19.3 Å². The first-order valence-corrected chi connectivity index (χ1v) is 11.5. The van der Waals surface area contributed by atoms with Gasteiger partial charge >= 0.3 is 0 Å². The van der Waals surface area contributed by atoms with Crippen molar-refractivity contribution < 1.29 is 32.7 Å². The Morgan fingerprint density at radius 3 is 2.12 bits per heavy atom. The zero-order valence-corrected chi connectivity index (χ0v) is 21.4. The largest absolute Gasteiger partial charge is 0.521 e. The third-order valence-electron chi connectivity index (χ3n) is 9.27. The third kappa shape index (κ3) is 4.08. The summed E-state index contributed by atoms with van der Waals surface area (Å²) in [5.74, 6) is 5.39. The molecular weight excluding hydrogens is 389 g/mol. The fraction of sp³-hybridized carbons (Fsp3) is 0.920. The predicted octanol–water partition coefficient (Wildman–Crippen LogP) is 8.07. The number of fused-ring (bicyclic) bond motifs is 5. The molecule has 4 saturated carbocycles. The molecule has 0 spiro atoms. The maximum atomic E-state index is 4.25. The Morgan fingerprint density at radius 1 is 0.808 bits per heavy atom. The van der Waals surface area contributed by atoms with Crippen molar-refractivity contribution in [2.75, 3.05) is 0 Å². The minimum absolute atomic E-state index is 0. The molecule has 0 aromatic rings. The van der Waals surface area contributed by atoms with Crippen molar-refractivity contribution >= 4 is 0 Å². The molecule has 26 heavy (non-hydrogen) atoms. The molecule has 4 aliphatic rings. The summed E-state index contributed by atoms with van der Waals surface area (Å²) in [7, 11) is 0. The van der Waals surface area contributed by atoms with E-state index in [9.17, 15) is 0 Å². The molecule has 0 heterocycles. The van der Waals surface area contributed by atoms with E-state index >= 15 is 0 Å². The van der Waals surface area contributed by atoms with E-state index in [-0.39, 0.29) is 32.7 Å². The average Bonchev–Trinajstić information content (AvgIpc) is 3.01. The second-order valence-electron chi connectivity index (χ2n) is 9.63. The second-order valence-corrected chi connectivity index (χ2v) is 9.63. The first-order valence-electron chi connectivity index (χ1n) is 11.5. The van der Waals surface area contributed by atoms with Gasteiger partial charge in [-0.15, -0.1) is 0 Å². The van der Waals surface area contributed by atoms with Crippen LogP contribution >= 0.6 is 0 Å². The van der Waals surface area contributed by atoms with Gasteiger partial charge in [0.15, 0.2) is 0 Å². The van der Waals surface area contributed by atoms with Crippen LogP contribution in [-0.4, -0.2) is 0 Å². The minimum atomic E-state index is 0. The molecule has 0 N–H and O–H groups in total. The summed E-state index contributed by atoms with van der Waals surface area (Å²) < 4.78 is 0. The molecule has 4 rings (SSSR count). The van der Waals surface area contributed by atoms with Gasteiger partial charge in [0.05, 0.1) is 0 Å². The van der Waals surface area contributed by atoms with E-state index in [0.29, 0.717) is 5.41 Å². The quantitative estimate of drug-likeness (QED) is 0.366. The first kappa shape index (κ1) is 24.9. The summed E-state index contributed by atoms with van der Waals surface area (Å²) >= 11 is 0. The Morgan fingerprint density at radius 2 is 1.46 bits per heavy atom. The molecular formula is C25H45Y-. The maximum absolute atomic E-state index is 4.25. The molecule has 0 nitrogen and oxygen atoms in total. The average molecular weight is 435 g/mol. The number of hydrogen-bond donors (Lipinski definition) is 0. The van der Waals surface area contributed by atoms with Crippen LogP contribution < -0.4 is 0 Å². The van der Waals surface area contributed by atoms with Crippen molar-refractivity contribution in [3.63, 3.8) is 0 Å². The minimum Gasteiger partial charge on any atom is -0.521 e. The van der Waals surface area contributed by atoms with E-state index in [4.69, 9.17) is 0 Å². The van der Waals surface area contributed by atoms with Gasteiger partial charge in [-0.25, -0.2) is 0 Å². The van der Waals surface area contributed by atoms with Crippen LogP contribution in [0.1, 0.15) is 105 Å². The summed E-state index contributed by atoms with van der Waals surface area (Å²) in [5.41, 5.74) is 1.45.